The van der Waals surface area contributed by atoms with Gasteiger partial charge in [-0.2, -0.15) is 0 Å². The van der Waals surface area contributed by atoms with Gasteiger partial charge in [-0.05, 0) is 44.8 Å². The van der Waals surface area contributed by atoms with Crippen molar-refractivity contribution in [3.63, 3.8) is 0 Å². The van der Waals surface area contributed by atoms with Crippen LogP contribution in [0.15, 0.2) is 11.4 Å². The summed E-state index contributed by atoms with van der Waals surface area (Å²) in [6, 6.07) is 3.02. The lowest BCUT2D eigenvalue weighted by molar-refractivity contribution is 0.270. The van der Waals surface area contributed by atoms with Gasteiger partial charge >= 0.3 is 0 Å². The van der Waals surface area contributed by atoms with E-state index in [1.54, 1.807) is 11.3 Å². The minimum atomic E-state index is 0.379. The molecule has 2 nitrogen and oxygen atoms in total. The van der Waals surface area contributed by atoms with Crippen molar-refractivity contribution in [1.82, 2.24) is 10.2 Å². The maximum atomic E-state index is 5.91. The quantitative estimate of drug-likeness (QED) is 0.844. The zero-order valence-electron chi connectivity index (χ0n) is 10.5. The van der Waals surface area contributed by atoms with Gasteiger partial charge < -0.3 is 10.2 Å². The molecule has 0 saturated heterocycles. The van der Waals surface area contributed by atoms with Crippen LogP contribution in [0.3, 0.4) is 0 Å². The molecule has 0 saturated carbocycles. The van der Waals surface area contributed by atoms with Gasteiger partial charge in [0.25, 0.3) is 0 Å². The number of hydrogen-bond acceptors (Lipinski definition) is 3. The maximum absolute atomic E-state index is 5.91. The van der Waals surface area contributed by atoms with Crippen molar-refractivity contribution in [1.29, 1.82) is 0 Å². The fourth-order valence-corrected chi connectivity index (χ4v) is 2.37. The van der Waals surface area contributed by atoms with Crippen LogP contribution in [0.1, 0.15) is 32.4 Å². The second-order valence-electron chi connectivity index (χ2n) is 4.43. The Morgan fingerprint density at radius 1 is 1.44 bits per heavy atom. The first-order valence-corrected chi connectivity index (χ1v) is 6.94. The van der Waals surface area contributed by atoms with E-state index >= 15 is 0 Å². The van der Waals surface area contributed by atoms with Crippen molar-refractivity contribution in [2.45, 2.75) is 32.9 Å². The van der Waals surface area contributed by atoms with Crippen molar-refractivity contribution in [2.24, 2.45) is 0 Å². The number of rotatable bonds is 6. The minimum Gasteiger partial charge on any atom is -0.309 e. The summed E-state index contributed by atoms with van der Waals surface area (Å²) in [5.41, 5.74) is 1.28. The van der Waals surface area contributed by atoms with Crippen molar-refractivity contribution < 1.29 is 0 Å². The van der Waals surface area contributed by atoms with Gasteiger partial charge in [-0.1, -0.05) is 11.6 Å². The molecule has 92 valence electrons. The fraction of sp³-hybridized carbons (Fsp3) is 0.667. The number of thiophene rings is 1. The lowest BCUT2D eigenvalue weighted by Crippen LogP contribution is -2.34. The van der Waals surface area contributed by atoms with Gasteiger partial charge in [0.1, 0.15) is 0 Å². The second-order valence-corrected chi connectivity index (χ2v) is 5.98. The Bertz CT molecular complexity index is 312. The number of likely N-dealkylation sites (N-methyl/N-ethyl adjacent to an activating group) is 1. The lowest BCUT2D eigenvalue weighted by atomic mass is 10.2. The molecule has 0 aliphatic heterocycles. The topological polar surface area (TPSA) is 15.3 Å². The largest absolute Gasteiger partial charge is 0.309 e. The molecule has 0 aliphatic rings. The molecule has 0 bridgehead atoms. The predicted molar refractivity (Wildman–Crippen MR) is 73.5 cm³/mol. The van der Waals surface area contributed by atoms with Crippen LogP contribution >= 0.6 is 22.9 Å². The summed E-state index contributed by atoms with van der Waals surface area (Å²) in [5, 5.41) is 5.62. The first-order chi connectivity index (χ1) is 7.50. The van der Waals surface area contributed by atoms with Crippen LogP contribution in [0.4, 0.5) is 0 Å². The van der Waals surface area contributed by atoms with E-state index in [2.05, 4.69) is 43.4 Å². The molecule has 1 aromatic rings. The Balaban J connectivity index is 2.28. The zero-order valence-corrected chi connectivity index (χ0v) is 12.0. The molecule has 1 rings (SSSR count). The normalized spacial score (nSPS) is 13.7. The molecule has 0 aliphatic carbocycles. The molecule has 0 aromatic carbocycles. The summed E-state index contributed by atoms with van der Waals surface area (Å²) in [6.07, 6.45) is 0. The third-order valence-electron chi connectivity index (χ3n) is 2.88. The molecule has 1 heterocycles. The van der Waals surface area contributed by atoms with E-state index in [1.165, 1.54) is 5.56 Å². The molecule has 0 amide bonds. The van der Waals surface area contributed by atoms with Crippen LogP contribution in [0.5, 0.6) is 0 Å². The van der Waals surface area contributed by atoms with E-state index in [-0.39, 0.29) is 0 Å². The van der Waals surface area contributed by atoms with E-state index < -0.39 is 0 Å². The Hall–Kier alpha value is -0.0900. The number of halogens is 1. The third-order valence-corrected chi connectivity index (χ3v) is 3.99. The van der Waals surface area contributed by atoms with Gasteiger partial charge in [0.05, 0.1) is 4.34 Å². The van der Waals surface area contributed by atoms with Gasteiger partial charge in [0.2, 0.25) is 0 Å². The summed E-state index contributed by atoms with van der Waals surface area (Å²) in [4.78, 5) is 2.33. The molecule has 0 fully saturated rings. The standard InChI is InChI=1S/C12H21ClN2S/c1-9(2)15(4)6-5-14-10(3)11-7-12(13)16-8-11/h7-10,14H,5-6H2,1-4H3. The Kier molecular flexibility index (Phi) is 5.76. The highest BCUT2D eigenvalue weighted by Crippen LogP contribution is 2.24. The average molecular weight is 261 g/mol. The fourth-order valence-electron chi connectivity index (χ4n) is 1.38. The summed E-state index contributed by atoms with van der Waals surface area (Å²) >= 11 is 7.51. The Morgan fingerprint density at radius 2 is 2.12 bits per heavy atom. The Morgan fingerprint density at radius 3 is 2.62 bits per heavy atom. The van der Waals surface area contributed by atoms with Crippen molar-refractivity contribution in [2.75, 3.05) is 20.1 Å². The predicted octanol–water partition coefficient (Wildman–Crippen LogP) is 3.39. The van der Waals surface area contributed by atoms with Crippen LogP contribution < -0.4 is 5.32 Å². The maximum Gasteiger partial charge on any atom is 0.0931 e. The van der Waals surface area contributed by atoms with Crippen molar-refractivity contribution >= 4 is 22.9 Å². The van der Waals surface area contributed by atoms with E-state index in [0.717, 1.165) is 17.4 Å². The highest BCUT2D eigenvalue weighted by Gasteiger charge is 2.08. The van der Waals surface area contributed by atoms with Gasteiger partial charge in [0.15, 0.2) is 0 Å². The molecule has 1 unspecified atom stereocenters. The molecular formula is C12H21ClN2S. The Labute approximate surface area is 108 Å². The number of hydrogen-bond donors (Lipinski definition) is 1. The zero-order chi connectivity index (χ0) is 12.1. The summed E-state index contributed by atoms with van der Waals surface area (Å²) < 4.78 is 0.864. The lowest BCUT2D eigenvalue weighted by Gasteiger charge is -2.22. The molecule has 1 atom stereocenters. The van der Waals surface area contributed by atoms with Gasteiger partial charge in [-0.3, -0.25) is 0 Å². The minimum absolute atomic E-state index is 0.379. The van der Waals surface area contributed by atoms with Gasteiger partial charge in [0, 0.05) is 25.2 Å². The van der Waals surface area contributed by atoms with Crippen molar-refractivity contribution in [3.8, 4) is 0 Å². The molecule has 16 heavy (non-hydrogen) atoms. The first kappa shape index (κ1) is 14.0. The molecule has 1 N–H and O–H groups in total. The van der Waals surface area contributed by atoms with E-state index in [4.69, 9.17) is 11.6 Å². The highest BCUT2D eigenvalue weighted by atomic mass is 35.5. The van der Waals surface area contributed by atoms with Crippen LogP contribution in [0.25, 0.3) is 0 Å². The smallest absolute Gasteiger partial charge is 0.0931 e. The SMILES string of the molecule is CC(NCCN(C)C(C)C)c1csc(Cl)c1. The van der Waals surface area contributed by atoms with Crippen LogP contribution in [0, 0.1) is 0 Å². The van der Waals surface area contributed by atoms with Gasteiger partial charge in [-0.15, -0.1) is 11.3 Å². The molecule has 1 aromatic heterocycles. The average Bonchev–Trinajstić information content (AvgIpc) is 2.64. The van der Waals surface area contributed by atoms with E-state index in [0.29, 0.717) is 12.1 Å². The van der Waals surface area contributed by atoms with Crippen LogP contribution in [0.2, 0.25) is 4.34 Å². The van der Waals surface area contributed by atoms with E-state index in [1.807, 2.05) is 6.07 Å². The van der Waals surface area contributed by atoms with Crippen LogP contribution in [-0.4, -0.2) is 31.1 Å². The van der Waals surface area contributed by atoms with E-state index in [9.17, 15) is 0 Å². The summed E-state index contributed by atoms with van der Waals surface area (Å²) in [6.45, 7) is 8.67. The van der Waals surface area contributed by atoms with Crippen LogP contribution in [-0.2, 0) is 0 Å². The third kappa shape index (κ3) is 4.42. The number of nitrogens with zero attached hydrogens (tertiary/aromatic N) is 1. The molecular weight excluding hydrogens is 240 g/mol. The summed E-state index contributed by atoms with van der Waals surface area (Å²) in [7, 11) is 2.15. The monoisotopic (exact) mass is 260 g/mol. The first-order valence-electron chi connectivity index (χ1n) is 5.68. The molecule has 0 radical (unpaired) electrons. The number of nitrogens with one attached hydrogen (secondary N) is 1. The molecule has 0 spiro atoms. The van der Waals surface area contributed by atoms with Crippen molar-refractivity contribution in [3.05, 3.63) is 21.3 Å². The highest BCUT2D eigenvalue weighted by molar-refractivity contribution is 7.14. The second kappa shape index (κ2) is 6.60. The van der Waals surface area contributed by atoms with Gasteiger partial charge in [-0.25, -0.2) is 0 Å². The molecule has 4 heteroatoms. The summed E-state index contributed by atoms with van der Waals surface area (Å²) in [5.74, 6) is 0.